The number of hydrogen-bond donors (Lipinski definition) is 3. The number of ether oxygens (including phenoxy) is 1. The molecule has 0 bridgehead atoms. The van der Waals surface area contributed by atoms with Crippen LogP contribution >= 0.6 is 0 Å². The predicted octanol–water partition coefficient (Wildman–Crippen LogP) is 1.21. The molecule has 2 aliphatic heterocycles. The van der Waals surface area contributed by atoms with Crippen LogP contribution in [0.15, 0.2) is 24.3 Å². The maximum Gasteiger partial charge on any atom is 0.165 e. The lowest BCUT2D eigenvalue weighted by Gasteiger charge is -2.35. The van der Waals surface area contributed by atoms with Gasteiger partial charge in [0.1, 0.15) is 6.10 Å². The van der Waals surface area contributed by atoms with Gasteiger partial charge in [0.15, 0.2) is 11.5 Å². The molecule has 19 heavy (non-hydrogen) atoms. The van der Waals surface area contributed by atoms with Gasteiger partial charge in [-0.05, 0) is 24.6 Å². The molecule has 0 unspecified atom stereocenters. The minimum Gasteiger partial charge on any atom is -0.504 e. The Kier molecular flexibility index (Phi) is 2.23. The predicted molar refractivity (Wildman–Crippen MR) is 70.3 cm³/mol. The molecule has 3 atom stereocenters. The zero-order valence-electron chi connectivity index (χ0n) is 10.6. The van der Waals surface area contributed by atoms with Crippen molar-refractivity contribution in [2.45, 2.75) is 37.0 Å². The van der Waals surface area contributed by atoms with Crippen LogP contribution in [0.25, 0.3) is 0 Å². The first-order valence-corrected chi connectivity index (χ1v) is 6.81. The Labute approximate surface area is 111 Å². The van der Waals surface area contributed by atoms with Gasteiger partial charge in [0.05, 0.1) is 11.5 Å². The lowest BCUT2D eigenvalue weighted by atomic mass is 9.69. The zero-order chi connectivity index (χ0) is 13.0. The second-order valence-corrected chi connectivity index (χ2v) is 5.68. The summed E-state index contributed by atoms with van der Waals surface area (Å²) in [6, 6.07) is 3.67. The summed E-state index contributed by atoms with van der Waals surface area (Å²) in [4.78, 5) is 0. The fourth-order valence-corrected chi connectivity index (χ4v) is 3.72. The first kappa shape index (κ1) is 11.3. The van der Waals surface area contributed by atoms with Gasteiger partial charge in [0.25, 0.3) is 0 Å². The first-order valence-electron chi connectivity index (χ1n) is 6.81. The van der Waals surface area contributed by atoms with E-state index >= 15 is 0 Å². The molecular formula is C15H17NO3. The number of nitrogens with one attached hydrogen (secondary N) is 1. The SMILES string of the molecule is Oc1ccc2c3c1O[C@H]1C[C@@H](O)C=C[C@]31CCNC2. The third-order valence-electron chi connectivity index (χ3n) is 4.63. The molecule has 1 aromatic carbocycles. The van der Waals surface area contributed by atoms with E-state index < -0.39 is 6.10 Å². The summed E-state index contributed by atoms with van der Waals surface area (Å²) >= 11 is 0. The molecule has 0 radical (unpaired) electrons. The smallest absolute Gasteiger partial charge is 0.165 e. The number of rotatable bonds is 0. The molecule has 1 spiro atoms. The molecule has 3 aliphatic rings. The van der Waals surface area contributed by atoms with Crippen LogP contribution in [0.4, 0.5) is 0 Å². The third kappa shape index (κ3) is 1.41. The topological polar surface area (TPSA) is 61.7 Å². The van der Waals surface area contributed by atoms with E-state index in [0.717, 1.165) is 25.1 Å². The van der Waals surface area contributed by atoms with Crippen molar-refractivity contribution >= 4 is 0 Å². The van der Waals surface area contributed by atoms with E-state index in [1.165, 1.54) is 5.56 Å². The van der Waals surface area contributed by atoms with Gasteiger partial charge >= 0.3 is 0 Å². The van der Waals surface area contributed by atoms with Crippen molar-refractivity contribution in [2.24, 2.45) is 0 Å². The zero-order valence-corrected chi connectivity index (χ0v) is 10.6. The van der Waals surface area contributed by atoms with Crippen molar-refractivity contribution in [1.82, 2.24) is 5.32 Å². The number of phenolic OH excluding ortho intramolecular Hbond substituents is 1. The largest absolute Gasteiger partial charge is 0.504 e. The first-order chi connectivity index (χ1) is 9.21. The average molecular weight is 259 g/mol. The molecule has 4 nitrogen and oxygen atoms in total. The van der Waals surface area contributed by atoms with Gasteiger partial charge in [-0.3, -0.25) is 0 Å². The van der Waals surface area contributed by atoms with Crippen LogP contribution in [-0.2, 0) is 12.0 Å². The van der Waals surface area contributed by atoms with Crippen LogP contribution in [0.5, 0.6) is 11.5 Å². The van der Waals surface area contributed by atoms with E-state index in [4.69, 9.17) is 4.74 Å². The Morgan fingerprint density at radius 2 is 2.26 bits per heavy atom. The highest BCUT2D eigenvalue weighted by atomic mass is 16.5. The Hall–Kier alpha value is -1.52. The van der Waals surface area contributed by atoms with Crippen molar-refractivity contribution in [3.8, 4) is 11.5 Å². The number of aliphatic hydroxyl groups is 1. The summed E-state index contributed by atoms with van der Waals surface area (Å²) in [5.41, 5.74) is 2.12. The van der Waals surface area contributed by atoms with Gasteiger partial charge in [0, 0.05) is 18.5 Å². The van der Waals surface area contributed by atoms with Crippen molar-refractivity contribution in [1.29, 1.82) is 0 Å². The van der Waals surface area contributed by atoms with Crippen molar-refractivity contribution in [2.75, 3.05) is 6.54 Å². The third-order valence-corrected chi connectivity index (χ3v) is 4.63. The maximum absolute atomic E-state index is 10.1. The molecule has 3 N–H and O–H groups in total. The minimum absolute atomic E-state index is 0.0746. The van der Waals surface area contributed by atoms with E-state index in [-0.39, 0.29) is 17.3 Å². The average Bonchev–Trinajstić information content (AvgIpc) is 2.61. The highest BCUT2D eigenvalue weighted by Gasteiger charge is 2.51. The quantitative estimate of drug-likeness (QED) is 0.613. The number of aromatic hydroxyl groups is 1. The van der Waals surface area contributed by atoms with Gasteiger partial charge in [-0.15, -0.1) is 0 Å². The lowest BCUT2D eigenvalue weighted by Crippen LogP contribution is -2.42. The molecular weight excluding hydrogens is 242 g/mol. The molecule has 4 rings (SSSR count). The number of phenols is 1. The van der Waals surface area contributed by atoms with Crippen molar-refractivity contribution < 1.29 is 14.9 Å². The molecule has 1 aromatic rings. The van der Waals surface area contributed by atoms with Gasteiger partial charge in [-0.2, -0.15) is 0 Å². The summed E-state index contributed by atoms with van der Waals surface area (Å²) in [5.74, 6) is 0.822. The Morgan fingerprint density at radius 1 is 1.37 bits per heavy atom. The number of hydrogen-bond acceptors (Lipinski definition) is 4. The van der Waals surface area contributed by atoms with Gasteiger partial charge < -0.3 is 20.3 Å². The minimum atomic E-state index is -0.452. The van der Waals surface area contributed by atoms with Crippen LogP contribution in [-0.4, -0.2) is 29.0 Å². The standard InChI is InChI=1S/C15H17NO3/c17-10-3-4-15-5-6-16-8-9-1-2-11(18)14(13(9)15)19-12(15)7-10/h1-4,10,12,16-18H,5-8H2/t10-,12-,15+/m0/s1. The number of aliphatic hydroxyl groups excluding tert-OH is 1. The molecule has 0 saturated carbocycles. The second kappa shape index (κ2) is 3.74. The van der Waals surface area contributed by atoms with Gasteiger partial charge in [0.2, 0.25) is 0 Å². The van der Waals surface area contributed by atoms with E-state index in [1.807, 2.05) is 12.1 Å². The Bertz CT molecular complexity index is 569. The molecule has 0 saturated heterocycles. The highest BCUT2D eigenvalue weighted by Crippen LogP contribution is 2.54. The van der Waals surface area contributed by atoms with Gasteiger partial charge in [-0.25, -0.2) is 0 Å². The van der Waals surface area contributed by atoms with Crippen LogP contribution < -0.4 is 10.1 Å². The fourth-order valence-electron chi connectivity index (χ4n) is 3.72. The van der Waals surface area contributed by atoms with Crippen LogP contribution in [0, 0.1) is 0 Å². The van der Waals surface area contributed by atoms with E-state index in [9.17, 15) is 10.2 Å². The molecule has 0 fully saturated rings. The number of benzene rings is 1. The Morgan fingerprint density at radius 3 is 3.16 bits per heavy atom. The molecule has 2 heterocycles. The van der Waals surface area contributed by atoms with Crippen molar-refractivity contribution in [3.05, 3.63) is 35.4 Å². The monoisotopic (exact) mass is 259 g/mol. The van der Waals surface area contributed by atoms with Gasteiger partial charge in [-0.1, -0.05) is 18.2 Å². The molecule has 1 aliphatic carbocycles. The normalized spacial score (nSPS) is 35.2. The van der Waals surface area contributed by atoms with Crippen LogP contribution in [0.1, 0.15) is 24.0 Å². The van der Waals surface area contributed by atoms with E-state index in [0.29, 0.717) is 12.2 Å². The fraction of sp³-hybridized carbons (Fsp3) is 0.467. The summed E-state index contributed by atoms with van der Waals surface area (Å²) in [7, 11) is 0. The molecule has 0 aromatic heterocycles. The van der Waals surface area contributed by atoms with E-state index in [1.54, 1.807) is 6.07 Å². The van der Waals surface area contributed by atoms with Crippen molar-refractivity contribution in [3.63, 3.8) is 0 Å². The van der Waals surface area contributed by atoms with Crippen LogP contribution in [0.2, 0.25) is 0 Å². The molecule has 4 heteroatoms. The Balaban J connectivity index is 1.98. The summed E-state index contributed by atoms with van der Waals surface area (Å²) in [6.45, 7) is 1.71. The summed E-state index contributed by atoms with van der Waals surface area (Å²) < 4.78 is 5.99. The highest BCUT2D eigenvalue weighted by molar-refractivity contribution is 5.60. The van der Waals surface area contributed by atoms with Crippen LogP contribution in [0.3, 0.4) is 0 Å². The maximum atomic E-state index is 10.1. The lowest BCUT2D eigenvalue weighted by molar-refractivity contribution is 0.0852. The summed E-state index contributed by atoms with van der Waals surface area (Å²) in [5, 5.41) is 23.3. The summed E-state index contributed by atoms with van der Waals surface area (Å²) in [6.07, 6.45) is 4.96. The molecule has 100 valence electrons. The second-order valence-electron chi connectivity index (χ2n) is 5.68. The molecule has 0 amide bonds. The van der Waals surface area contributed by atoms with E-state index in [2.05, 4.69) is 11.4 Å².